The van der Waals surface area contributed by atoms with E-state index in [-0.39, 0.29) is 0 Å². The van der Waals surface area contributed by atoms with Crippen LogP contribution in [0.5, 0.6) is 11.5 Å². The quantitative estimate of drug-likeness (QED) is 0.327. The predicted molar refractivity (Wildman–Crippen MR) is 132 cm³/mol. The lowest BCUT2D eigenvalue weighted by Crippen LogP contribution is -2.09. The summed E-state index contributed by atoms with van der Waals surface area (Å²) in [6.45, 7) is 2.67. The summed E-state index contributed by atoms with van der Waals surface area (Å²) in [5, 5.41) is 2.05. The van der Waals surface area contributed by atoms with E-state index in [1.165, 1.54) is 11.3 Å². The minimum Gasteiger partial charge on any atom is -0.488 e. The summed E-state index contributed by atoms with van der Waals surface area (Å²) in [6.07, 6.45) is 0. The summed E-state index contributed by atoms with van der Waals surface area (Å²) < 4.78 is 13.1. The van der Waals surface area contributed by atoms with Gasteiger partial charge in [0.1, 0.15) is 24.7 Å². The fraction of sp³-hybridized carbons (Fsp3) is 0.111. The van der Waals surface area contributed by atoms with Crippen LogP contribution in [0.4, 0.5) is 0 Å². The van der Waals surface area contributed by atoms with Crippen molar-refractivity contribution < 1.29 is 14.3 Å². The Morgan fingerprint density at radius 1 is 0.939 bits per heavy atom. The van der Waals surface area contributed by atoms with E-state index in [1.807, 2.05) is 79.7 Å². The molecule has 33 heavy (non-hydrogen) atoms. The molecule has 0 saturated heterocycles. The molecule has 0 bridgehead atoms. The highest BCUT2D eigenvalue weighted by molar-refractivity contribution is 7.21. The molecule has 0 fully saturated rings. The van der Waals surface area contributed by atoms with Crippen molar-refractivity contribution in [2.45, 2.75) is 20.1 Å². The summed E-state index contributed by atoms with van der Waals surface area (Å²) >= 11 is 1.39. The molecule has 0 aliphatic rings. The van der Waals surface area contributed by atoms with Crippen LogP contribution in [0.2, 0.25) is 0 Å². The van der Waals surface area contributed by atoms with Gasteiger partial charge < -0.3 is 15.2 Å². The molecule has 164 valence electrons. The average Bonchev–Trinajstić information content (AvgIpc) is 3.19. The molecule has 1 amide bonds. The van der Waals surface area contributed by atoms with Crippen molar-refractivity contribution >= 4 is 38.2 Å². The van der Waals surface area contributed by atoms with Crippen LogP contribution in [0, 0.1) is 6.92 Å². The number of aromatic nitrogens is 1. The van der Waals surface area contributed by atoms with E-state index < -0.39 is 5.91 Å². The van der Waals surface area contributed by atoms with Gasteiger partial charge in [0, 0.05) is 15.5 Å². The minimum atomic E-state index is -0.412. The second kappa shape index (κ2) is 8.92. The minimum absolute atomic E-state index is 0.381. The van der Waals surface area contributed by atoms with E-state index in [2.05, 4.69) is 11.1 Å². The fourth-order valence-corrected chi connectivity index (χ4v) is 4.93. The highest BCUT2D eigenvalue weighted by atomic mass is 32.1. The first kappa shape index (κ1) is 21.0. The Labute approximate surface area is 195 Å². The topological polar surface area (TPSA) is 74.4 Å². The number of primary amides is 1. The molecule has 2 aromatic heterocycles. The number of amides is 1. The number of rotatable bonds is 7. The number of hydrogen-bond acceptors (Lipinski definition) is 5. The van der Waals surface area contributed by atoms with Crippen LogP contribution in [0.15, 0.2) is 78.9 Å². The molecular weight excluding hydrogens is 432 g/mol. The van der Waals surface area contributed by atoms with E-state index in [0.717, 1.165) is 49.3 Å². The molecule has 0 aliphatic heterocycles. The van der Waals surface area contributed by atoms with E-state index in [0.29, 0.717) is 18.1 Å². The first-order valence-electron chi connectivity index (χ1n) is 10.6. The molecule has 6 heteroatoms. The molecule has 5 rings (SSSR count). The molecule has 0 aliphatic carbocycles. The number of carbonyl (C=O) groups is 1. The van der Waals surface area contributed by atoms with Gasteiger partial charge in [0.05, 0.1) is 16.1 Å². The van der Waals surface area contributed by atoms with Gasteiger partial charge in [-0.15, -0.1) is 11.3 Å². The second-order valence-electron chi connectivity index (χ2n) is 7.77. The van der Waals surface area contributed by atoms with Crippen molar-refractivity contribution in [1.82, 2.24) is 4.98 Å². The van der Waals surface area contributed by atoms with Crippen LogP contribution >= 0.6 is 11.3 Å². The Bertz CT molecular complexity index is 1480. The van der Waals surface area contributed by atoms with Gasteiger partial charge in [-0.25, -0.2) is 4.98 Å². The van der Waals surface area contributed by atoms with E-state index in [1.54, 1.807) is 0 Å². The Morgan fingerprint density at radius 3 is 2.67 bits per heavy atom. The van der Waals surface area contributed by atoms with E-state index >= 15 is 0 Å². The standard InChI is InChI=1S/C27H22N2O3S/c1-17-25-23(10-5-11-24(25)33-26(17)27(28)30)32-15-18-6-4-8-21(14-18)31-16-20-13-12-19-7-2-3-9-22(19)29-20/h2-14H,15-16H2,1H3,(H2,28,30). The zero-order chi connectivity index (χ0) is 22.8. The van der Waals surface area contributed by atoms with Crippen molar-refractivity contribution in [3.8, 4) is 11.5 Å². The largest absolute Gasteiger partial charge is 0.488 e. The Morgan fingerprint density at radius 2 is 1.79 bits per heavy atom. The molecule has 3 aromatic carbocycles. The summed E-state index contributed by atoms with van der Waals surface area (Å²) in [5.74, 6) is 1.08. The molecule has 0 atom stereocenters. The second-order valence-corrected chi connectivity index (χ2v) is 8.82. The van der Waals surface area contributed by atoms with Crippen molar-refractivity contribution in [3.63, 3.8) is 0 Å². The lowest BCUT2D eigenvalue weighted by atomic mass is 10.1. The highest BCUT2D eigenvalue weighted by Gasteiger charge is 2.16. The number of thiophene rings is 1. The van der Waals surface area contributed by atoms with Crippen molar-refractivity contribution in [2.24, 2.45) is 5.73 Å². The lowest BCUT2D eigenvalue weighted by Gasteiger charge is -2.11. The van der Waals surface area contributed by atoms with Gasteiger partial charge in [0.25, 0.3) is 5.91 Å². The zero-order valence-electron chi connectivity index (χ0n) is 18.1. The van der Waals surface area contributed by atoms with Gasteiger partial charge >= 0.3 is 0 Å². The van der Waals surface area contributed by atoms with Gasteiger partial charge in [-0.3, -0.25) is 4.79 Å². The summed E-state index contributed by atoms with van der Waals surface area (Å²) in [7, 11) is 0. The normalized spacial score (nSPS) is 11.1. The molecule has 5 aromatic rings. The monoisotopic (exact) mass is 454 g/mol. The first-order chi connectivity index (χ1) is 16.1. The number of ether oxygens (including phenoxy) is 2. The summed E-state index contributed by atoms with van der Waals surface area (Å²) in [6, 6.07) is 25.7. The third-order valence-electron chi connectivity index (χ3n) is 5.47. The summed E-state index contributed by atoms with van der Waals surface area (Å²) in [5.41, 5.74) is 9.20. The van der Waals surface area contributed by atoms with Crippen molar-refractivity contribution in [2.75, 3.05) is 0 Å². The fourth-order valence-electron chi connectivity index (χ4n) is 3.85. The Kier molecular flexibility index (Phi) is 5.67. The average molecular weight is 455 g/mol. The van der Waals surface area contributed by atoms with Crippen LogP contribution in [-0.4, -0.2) is 10.9 Å². The maximum absolute atomic E-state index is 11.7. The van der Waals surface area contributed by atoms with Gasteiger partial charge in [-0.1, -0.05) is 42.5 Å². The van der Waals surface area contributed by atoms with Crippen LogP contribution < -0.4 is 15.2 Å². The zero-order valence-corrected chi connectivity index (χ0v) is 18.9. The van der Waals surface area contributed by atoms with Crippen LogP contribution in [0.3, 0.4) is 0 Å². The smallest absolute Gasteiger partial charge is 0.259 e. The van der Waals surface area contributed by atoms with Gasteiger partial charge in [0.2, 0.25) is 0 Å². The van der Waals surface area contributed by atoms with E-state index in [9.17, 15) is 4.79 Å². The number of para-hydroxylation sites is 1. The number of aryl methyl sites for hydroxylation is 1. The molecule has 2 N–H and O–H groups in total. The maximum Gasteiger partial charge on any atom is 0.259 e. The maximum atomic E-state index is 11.7. The molecule has 0 radical (unpaired) electrons. The third-order valence-corrected chi connectivity index (χ3v) is 6.75. The van der Waals surface area contributed by atoms with Crippen LogP contribution in [-0.2, 0) is 13.2 Å². The highest BCUT2D eigenvalue weighted by Crippen LogP contribution is 2.37. The summed E-state index contributed by atoms with van der Waals surface area (Å²) in [4.78, 5) is 16.9. The van der Waals surface area contributed by atoms with Gasteiger partial charge in [-0.2, -0.15) is 0 Å². The lowest BCUT2D eigenvalue weighted by molar-refractivity contribution is 0.100. The molecular formula is C27H22N2O3S. The van der Waals surface area contributed by atoms with Crippen molar-refractivity contribution in [3.05, 3.63) is 101 Å². The Balaban J connectivity index is 1.29. The SMILES string of the molecule is Cc1c(C(N)=O)sc2cccc(OCc3cccc(OCc4ccc5ccccc5n4)c3)c12. The number of pyridine rings is 1. The number of nitrogens with zero attached hydrogens (tertiary/aromatic N) is 1. The number of benzene rings is 3. The van der Waals surface area contributed by atoms with Crippen LogP contribution in [0.1, 0.15) is 26.5 Å². The number of carbonyl (C=O) groups excluding carboxylic acids is 1. The van der Waals surface area contributed by atoms with Gasteiger partial charge in [-0.05, 0) is 54.4 Å². The van der Waals surface area contributed by atoms with Crippen LogP contribution in [0.25, 0.3) is 21.0 Å². The molecule has 2 heterocycles. The van der Waals surface area contributed by atoms with Gasteiger partial charge in [0.15, 0.2) is 0 Å². The molecule has 0 saturated carbocycles. The van der Waals surface area contributed by atoms with Crippen molar-refractivity contribution in [1.29, 1.82) is 0 Å². The Hall–Kier alpha value is -3.90. The van der Waals surface area contributed by atoms with E-state index in [4.69, 9.17) is 15.2 Å². The molecule has 5 nitrogen and oxygen atoms in total. The first-order valence-corrected chi connectivity index (χ1v) is 11.4. The number of fused-ring (bicyclic) bond motifs is 2. The predicted octanol–water partition coefficient (Wildman–Crippen LogP) is 6.01. The molecule has 0 unspecified atom stereocenters. The number of hydrogen-bond donors (Lipinski definition) is 1. The third kappa shape index (κ3) is 4.38. The number of nitrogens with two attached hydrogens (primary N) is 1. The molecule has 0 spiro atoms.